The van der Waals surface area contributed by atoms with E-state index in [2.05, 4.69) is 27.3 Å². The van der Waals surface area contributed by atoms with E-state index in [1.807, 2.05) is 56.5 Å². The van der Waals surface area contributed by atoms with Crippen LogP contribution in [0.5, 0.6) is 0 Å². The zero-order chi connectivity index (χ0) is 16.5. The normalized spacial score (nSPS) is 10.7. The number of pyridine rings is 1. The average Bonchev–Trinajstić information content (AvgIpc) is 2.59. The summed E-state index contributed by atoms with van der Waals surface area (Å²) < 4.78 is 0. The Labute approximate surface area is 137 Å². The van der Waals surface area contributed by atoms with Gasteiger partial charge in [0, 0.05) is 38.3 Å². The molecule has 0 aliphatic heterocycles. The van der Waals surface area contributed by atoms with E-state index >= 15 is 0 Å². The van der Waals surface area contributed by atoms with E-state index in [9.17, 15) is 4.79 Å². The third-order valence-electron chi connectivity index (χ3n) is 3.51. The van der Waals surface area contributed by atoms with Crippen LogP contribution < -0.4 is 10.2 Å². The van der Waals surface area contributed by atoms with Crippen molar-refractivity contribution in [2.75, 3.05) is 11.9 Å². The van der Waals surface area contributed by atoms with E-state index in [1.54, 1.807) is 6.20 Å². The Morgan fingerprint density at radius 1 is 1.22 bits per heavy atom. The van der Waals surface area contributed by atoms with Gasteiger partial charge >= 0.3 is 0 Å². The van der Waals surface area contributed by atoms with Crippen molar-refractivity contribution in [1.82, 2.24) is 10.3 Å². The van der Waals surface area contributed by atoms with Gasteiger partial charge in [0.1, 0.15) is 5.82 Å². The third kappa shape index (κ3) is 5.25. The Morgan fingerprint density at radius 3 is 2.74 bits per heavy atom. The summed E-state index contributed by atoms with van der Waals surface area (Å²) in [4.78, 5) is 18.3. The lowest BCUT2D eigenvalue weighted by Gasteiger charge is -2.21. The molecule has 2 aromatic rings. The monoisotopic (exact) mass is 309 g/mol. The van der Waals surface area contributed by atoms with Gasteiger partial charge in [-0.05, 0) is 18.6 Å². The molecule has 4 nitrogen and oxygen atoms in total. The maximum atomic E-state index is 11.8. The first kappa shape index (κ1) is 16.7. The molecule has 0 aliphatic rings. The van der Waals surface area contributed by atoms with E-state index in [0.717, 1.165) is 17.9 Å². The third-order valence-corrected chi connectivity index (χ3v) is 3.51. The lowest BCUT2D eigenvalue weighted by atomic mass is 10.2. The van der Waals surface area contributed by atoms with E-state index < -0.39 is 0 Å². The minimum absolute atomic E-state index is 0.0172. The van der Waals surface area contributed by atoms with Crippen LogP contribution in [0.25, 0.3) is 0 Å². The lowest BCUT2D eigenvalue weighted by Crippen LogP contribution is -2.25. The van der Waals surface area contributed by atoms with Crippen molar-refractivity contribution in [3.05, 3.63) is 71.9 Å². The Balaban J connectivity index is 2.03. The second-order valence-electron chi connectivity index (χ2n) is 5.38. The molecule has 0 bridgehead atoms. The van der Waals surface area contributed by atoms with Crippen LogP contribution in [0, 0.1) is 0 Å². The van der Waals surface area contributed by atoms with Crippen LogP contribution in [0.1, 0.15) is 24.5 Å². The molecule has 23 heavy (non-hydrogen) atoms. The zero-order valence-electron chi connectivity index (χ0n) is 13.7. The van der Waals surface area contributed by atoms with Crippen molar-refractivity contribution in [3.63, 3.8) is 0 Å². The SMILES string of the molecule is CC=CCC(=O)NCc1cccnc1N(C)Cc1ccccc1. The first-order valence-corrected chi connectivity index (χ1v) is 7.77. The number of nitrogens with zero attached hydrogens (tertiary/aromatic N) is 2. The Bertz CT molecular complexity index is 653. The fourth-order valence-corrected chi connectivity index (χ4v) is 2.33. The summed E-state index contributed by atoms with van der Waals surface area (Å²) in [7, 11) is 2.01. The molecule has 0 saturated carbocycles. The molecule has 1 heterocycles. The number of hydrogen-bond donors (Lipinski definition) is 1. The molecule has 0 unspecified atom stereocenters. The van der Waals surface area contributed by atoms with Crippen LogP contribution in [0.3, 0.4) is 0 Å². The van der Waals surface area contributed by atoms with E-state index in [1.165, 1.54) is 5.56 Å². The molecular weight excluding hydrogens is 286 g/mol. The number of aromatic nitrogens is 1. The summed E-state index contributed by atoms with van der Waals surface area (Å²) in [6, 6.07) is 14.2. The number of benzene rings is 1. The summed E-state index contributed by atoms with van der Waals surface area (Å²) in [6.07, 6.45) is 5.91. The largest absolute Gasteiger partial charge is 0.355 e. The van der Waals surface area contributed by atoms with Crippen LogP contribution in [0.15, 0.2) is 60.8 Å². The van der Waals surface area contributed by atoms with Gasteiger partial charge in [0.15, 0.2) is 0 Å². The number of anilines is 1. The van der Waals surface area contributed by atoms with Crippen LogP contribution >= 0.6 is 0 Å². The standard InChI is InChI=1S/C19H23N3O/c1-3-4-12-18(23)21-14-17-11-8-13-20-19(17)22(2)15-16-9-6-5-7-10-16/h3-11,13H,12,14-15H2,1-2H3,(H,21,23). The molecule has 120 valence electrons. The molecule has 0 aliphatic carbocycles. The van der Waals surface area contributed by atoms with Gasteiger partial charge < -0.3 is 10.2 Å². The molecule has 2 rings (SSSR count). The van der Waals surface area contributed by atoms with Crippen molar-refractivity contribution in [2.24, 2.45) is 0 Å². The average molecular weight is 309 g/mol. The smallest absolute Gasteiger partial charge is 0.224 e. The lowest BCUT2D eigenvalue weighted by molar-refractivity contribution is -0.120. The number of nitrogens with one attached hydrogen (secondary N) is 1. The first-order valence-electron chi connectivity index (χ1n) is 7.77. The van der Waals surface area contributed by atoms with Crippen molar-refractivity contribution < 1.29 is 4.79 Å². The second-order valence-corrected chi connectivity index (χ2v) is 5.38. The highest BCUT2D eigenvalue weighted by Crippen LogP contribution is 2.18. The summed E-state index contributed by atoms with van der Waals surface area (Å²) in [5.74, 6) is 0.909. The van der Waals surface area contributed by atoms with Gasteiger partial charge in [0.05, 0.1) is 0 Å². The molecule has 1 aromatic carbocycles. The number of rotatable bonds is 7. The summed E-state index contributed by atoms with van der Waals surface area (Å²) in [6.45, 7) is 3.17. The topological polar surface area (TPSA) is 45.2 Å². The molecular formula is C19H23N3O. The van der Waals surface area contributed by atoms with Crippen LogP contribution in [-0.4, -0.2) is 17.9 Å². The quantitative estimate of drug-likeness (QED) is 0.798. The van der Waals surface area contributed by atoms with E-state index in [-0.39, 0.29) is 5.91 Å². The highest BCUT2D eigenvalue weighted by atomic mass is 16.1. The zero-order valence-corrected chi connectivity index (χ0v) is 13.7. The molecule has 1 amide bonds. The molecule has 0 atom stereocenters. The molecule has 1 N–H and O–H groups in total. The number of amides is 1. The number of carbonyl (C=O) groups excluding carboxylic acids is 1. The molecule has 0 radical (unpaired) electrons. The predicted molar refractivity (Wildman–Crippen MR) is 94.1 cm³/mol. The van der Waals surface area contributed by atoms with Gasteiger partial charge in [0.2, 0.25) is 5.91 Å². The van der Waals surface area contributed by atoms with Gasteiger partial charge in [-0.2, -0.15) is 0 Å². The van der Waals surface area contributed by atoms with Crippen LogP contribution in [-0.2, 0) is 17.9 Å². The van der Waals surface area contributed by atoms with Crippen molar-refractivity contribution >= 4 is 11.7 Å². The van der Waals surface area contributed by atoms with Crippen molar-refractivity contribution in [1.29, 1.82) is 0 Å². The molecule has 0 spiro atoms. The Kier molecular flexibility index (Phi) is 6.36. The van der Waals surface area contributed by atoms with Crippen molar-refractivity contribution in [3.8, 4) is 0 Å². The minimum atomic E-state index is 0.0172. The van der Waals surface area contributed by atoms with Gasteiger partial charge in [0.25, 0.3) is 0 Å². The number of carbonyl (C=O) groups is 1. The van der Waals surface area contributed by atoms with E-state index in [4.69, 9.17) is 0 Å². The fourth-order valence-electron chi connectivity index (χ4n) is 2.33. The number of hydrogen-bond acceptors (Lipinski definition) is 3. The van der Waals surface area contributed by atoms with Crippen LogP contribution in [0.4, 0.5) is 5.82 Å². The summed E-state index contributed by atoms with van der Waals surface area (Å²) >= 11 is 0. The maximum Gasteiger partial charge on any atom is 0.224 e. The second kappa shape index (κ2) is 8.73. The summed E-state index contributed by atoms with van der Waals surface area (Å²) in [5, 5.41) is 2.94. The molecule has 0 fully saturated rings. The Hall–Kier alpha value is -2.62. The highest BCUT2D eigenvalue weighted by molar-refractivity contribution is 5.77. The maximum absolute atomic E-state index is 11.8. The highest BCUT2D eigenvalue weighted by Gasteiger charge is 2.10. The van der Waals surface area contributed by atoms with Gasteiger partial charge in [-0.3, -0.25) is 4.79 Å². The predicted octanol–water partition coefficient (Wildman–Crippen LogP) is 3.30. The minimum Gasteiger partial charge on any atom is -0.355 e. The first-order chi connectivity index (χ1) is 11.2. The number of allylic oxidation sites excluding steroid dienone is 1. The fraction of sp³-hybridized carbons (Fsp3) is 0.263. The Morgan fingerprint density at radius 2 is 2.00 bits per heavy atom. The van der Waals surface area contributed by atoms with Gasteiger partial charge in [-0.1, -0.05) is 48.6 Å². The van der Waals surface area contributed by atoms with E-state index in [0.29, 0.717) is 13.0 Å². The van der Waals surface area contributed by atoms with Gasteiger partial charge in [-0.25, -0.2) is 4.98 Å². The molecule has 1 aromatic heterocycles. The van der Waals surface area contributed by atoms with Crippen LogP contribution in [0.2, 0.25) is 0 Å². The molecule has 4 heteroatoms. The van der Waals surface area contributed by atoms with Gasteiger partial charge in [-0.15, -0.1) is 0 Å². The van der Waals surface area contributed by atoms with Crippen molar-refractivity contribution in [2.45, 2.75) is 26.4 Å². The summed E-state index contributed by atoms with van der Waals surface area (Å²) in [5.41, 5.74) is 2.24. The molecule has 0 saturated heterocycles.